The van der Waals surface area contributed by atoms with Crippen LogP contribution in [0.2, 0.25) is 0 Å². The van der Waals surface area contributed by atoms with Gasteiger partial charge < -0.3 is 4.74 Å². The molecular weight excluding hydrogens is 380 g/mol. The van der Waals surface area contributed by atoms with E-state index in [1.807, 2.05) is 13.0 Å². The zero-order valence-electron chi connectivity index (χ0n) is 14.5. The van der Waals surface area contributed by atoms with Crippen molar-refractivity contribution < 1.29 is 9.53 Å². The maximum atomic E-state index is 11.9. The summed E-state index contributed by atoms with van der Waals surface area (Å²) in [5.41, 5.74) is 4.34. The van der Waals surface area contributed by atoms with Gasteiger partial charge in [-0.05, 0) is 52.5 Å². The van der Waals surface area contributed by atoms with Crippen molar-refractivity contribution >= 4 is 32.7 Å². The standard InChI is InChI=1S/C20H19BrN2O2/c1-4-6-13-7-5-8-14(9-13)17-10-15-16(11-22-17)12(2)18(20(24)25-3)23-19(15)21/h5,7-11H,4,6H2,1-3H3. The molecule has 25 heavy (non-hydrogen) atoms. The molecule has 3 rings (SSSR count). The van der Waals surface area contributed by atoms with Crippen LogP contribution in [-0.2, 0) is 11.2 Å². The van der Waals surface area contributed by atoms with E-state index < -0.39 is 5.97 Å². The topological polar surface area (TPSA) is 52.1 Å². The van der Waals surface area contributed by atoms with Crippen molar-refractivity contribution in [2.24, 2.45) is 0 Å². The number of nitrogens with zero attached hydrogens (tertiary/aromatic N) is 2. The summed E-state index contributed by atoms with van der Waals surface area (Å²) >= 11 is 3.48. The largest absolute Gasteiger partial charge is 0.464 e. The summed E-state index contributed by atoms with van der Waals surface area (Å²) < 4.78 is 5.42. The number of halogens is 1. The number of hydrogen-bond donors (Lipinski definition) is 0. The smallest absolute Gasteiger partial charge is 0.356 e. The molecule has 0 saturated carbocycles. The summed E-state index contributed by atoms with van der Waals surface area (Å²) in [4.78, 5) is 20.9. The molecule has 0 bridgehead atoms. The van der Waals surface area contributed by atoms with Gasteiger partial charge in [0.1, 0.15) is 4.60 Å². The predicted octanol–water partition coefficient (Wildman–Crippen LogP) is 5.11. The molecule has 128 valence electrons. The minimum atomic E-state index is -0.448. The van der Waals surface area contributed by atoms with E-state index in [1.54, 1.807) is 6.20 Å². The van der Waals surface area contributed by atoms with Gasteiger partial charge in [-0.1, -0.05) is 31.5 Å². The number of hydrogen-bond acceptors (Lipinski definition) is 4. The Morgan fingerprint density at radius 3 is 2.76 bits per heavy atom. The lowest BCUT2D eigenvalue weighted by Crippen LogP contribution is -2.08. The summed E-state index contributed by atoms with van der Waals surface area (Å²) in [6.07, 6.45) is 3.96. The van der Waals surface area contributed by atoms with E-state index in [4.69, 9.17) is 4.74 Å². The number of ether oxygens (including phenoxy) is 1. The van der Waals surface area contributed by atoms with Crippen LogP contribution in [0.5, 0.6) is 0 Å². The summed E-state index contributed by atoms with van der Waals surface area (Å²) in [6.45, 7) is 4.03. The fourth-order valence-corrected chi connectivity index (χ4v) is 3.43. The third kappa shape index (κ3) is 3.42. The summed E-state index contributed by atoms with van der Waals surface area (Å²) in [6, 6.07) is 10.4. The van der Waals surface area contributed by atoms with Gasteiger partial charge in [-0.25, -0.2) is 9.78 Å². The van der Waals surface area contributed by atoms with Gasteiger partial charge in [-0.2, -0.15) is 0 Å². The van der Waals surface area contributed by atoms with Crippen molar-refractivity contribution in [3.05, 3.63) is 58.0 Å². The van der Waals surface area contributed by atoms with Gasteiger partial charge in [0.25, 0.3) is 0 Å². The maximum absolute atomic E-state index is 11.9. The van der Waals surface area contributed by atoms with Crippen molar-refractivity contribution in [2.75, 3.05) is 7.11 Å². The van der Waals surface area contributed by atoms with Crippen LogP contribution in [0.4, 0.5) is 0 Å². The van der Waals surface area contributed by atoms with Gasteiger partial charge in [0, 0.05) is 22.5 Å². The quantitative estimate of drug-likeness (QED) is 0.452. The van der Waals surface area contributed by atoms with Crippen LogP contribution >= 0.6 is 15.9 Å². The fraction of sp³-hybridized carbons (Fsp3) is 0.250. The Labute approximate surface area is 155 Å². The van der Waals surface area contributed by atoms with E-state index in [0.717, 1.165) is 40.4 Å². The third-order valence-electron chi connectivity index (χ3n) is 4.24. The normalized spacial score (nSPS) is 10.9. The molecule has 0 spiro atoms. The molecule has 1 aromatic carbocycles. The number of fused-ring (bicyclic) bond motifs is 1. The number of carbonyl (C=O) groups excluding carboxylic acids is 1. The van der Waals surface area contributed by atoms with Gasteiger partial charge in [0.2, 0.25) is 0 Å². The first-order valence-corrected chi connectivity index (χ1v) is 8.98. The van der Waals surface area contributed by atoms with Crippen LogP contribution in [0.1, 0.15) is 35.0 Å². The average Bonchev–Trinajstić information content (AvgIpc) is 2.64. The Hall–Kier alpha value is -2.27. The van der Waals surface area contributed by atoms with Gasteiger partial charge in [0.05, 0.1) is 12.8 Å². The van der Waals surface area contributed by atoms with Gasteiger partial charge >= 0.3 is 5.97 Å². The molecule has 0 radical (unpaired) electrons. The molecule has 0 aliphatic rings. The van der Waals surface area contributed by atoms with Crippen molar-refractivity contribution in [1.82, 2.24) is 9.97 Å². The van der Waals surface area contributed by atoms with Crippen LogP contribution in [0, 0.1) is 6.92 Å². The summed E-state index contributed by atoms with van der Waals surface area (Å²) in [5, 5.41) is 1.81. The molecule has 0 aliphatic heterocycles. The molecule has 0 atom stereocenters. The first-order valence-electron chi connectivity index (χ1n) is 8.18. The summed E-state index contributed by atoms with van der Waals surface area (Å²) in [7, 11) is 1.35. The number of rotatable bonds is 4. The van der Waals surface area contributed by atoms with Crippen LogP contribution in [0.25, 0.3) is 22.0 Å². The van der Waals surface area contributed by atoms with Crippen LogP contribution in [-0.4, -0.2) is 23.0 Å². The minimum absolute atomic E-state index is 0.307. The molecule has 0 fully saturated rings. The predicted molar refractivity (Wildman–Crippen MR) is 103 cm³/mol. The van der Waals surface area contributed by atoms with Crippen molar-refractivity contribution in [3.63, 3.8) is 0 Å². The lowest BCUT2D eigenvalue weighted by Gasteiger charge is -2.11. The minimum Gasteiger partial charge on any atom is -0.464 e. The average molecular weight is 399 g/mol. The van der Waals surface area contributed by atoms with Gasteiger partial charge in [0.15, 0.2) is 5.69 Å². The van der Waals surface area contributed by atoms with Crippen LogP contribution in [0.3, 0.4) is 0 Å². The Morgan fingerprint density at radius 1 is 1.24 bits per heavy atom. The number of methoxy groups -OCH3 is 1. The molecule has 3 aromatic rings. The first-order chi connectivity index (χ1) is 12.0. The van der Waals surface area contributed by atoms with Crippen molar-refractivity contribution in [2.45, 2.75) is 26.7 Å². The Bertz CT molecular complexity index is 954. The molecule has 0 N–H and O–H groups in total. The van der Waals surface area contributed by atoms with Gasteiger partial charge in [-0.15, -0.1) is 0 Å². The molecule has 2 heterocycles. The molecule has 0 aliphatic carbocycles. The Morgan fingerprint density at radius 2 is 2.04 bits per heavy atom. The highest BCUT2D eigenvalue weighted by Crippen LogP contribution is 2.30. The highest BCUT2D eigenvalue weighted by Gasteiger charge is 2.17. The summed E-state index contributed by atoms with van der Waals surface area (Å²) in [5.74, 6) is -0.448. The number of benzene rings is 1. The number of aromatic nitrogens is 2. The second kappa shape index (κ2) is 7.31. The maximum Gasteiger partial charge on any atom is 0.356 e. The second-order valence-electron chi connectivity index (χ2n) is 5.93. The van der Waals surface area contributed by atoms with E-state index >= 15 is 0 Å². The number of esters is 1. The van der Waals surface area contributed by atoms with E-state index in [1.165, 1.54) is 12.7 Å². The Balaban J connectivity index is 2.13. The lowest BCUT2D eigenvalue weighted by atomic mass is 10.0. The SMILES string of the molecule is CCCc1cccc(-c2cc3c(Br)nc(C(=O)OC)c(C)c3cn2)c1. The van der Waals surface area contributed by atoms with E-state index in [2.05, 4.69) is 57.1 Å². The van der Waals surface area contributed by atoms with E-state index in [-0.39, 0.29) is 0 Å². The lowest BCUT2D eigenvalue weighted by molar-refractivity contribution is 0.0593. The van der Waals surface area contributed by atoms with E-state index in [0.29, 0.717) is 10.3 Å². The van der Waals surface area contributed by atoms with E-state index in [9.17, 15) is 4.79 Å². The molecule has 0 saturated heterocycles. The Kier molecular flexibility index (Phi) is 5.13. The number of pyridine rings is 2. The molecule has 0 unspecified atom stereocenters. The fourth-order valence-electron chi connectivity index (χ4n) is 2.92. The molecular formula is C20H19BrN2O2. The highest BCUT2D eigenvalue weighted by molar-refractivity contribution is 9.10. The molecule has 4 nitrogen and oxygen atoms in total. The zero-order chi connectivity index (χ0) is 18.0. The third-order valence-corrected chi connectivity index (χ3v) is 4.84. The number of aryl methyl sites for hydroxylation is 2. The monoisotopic (exact) mass is 398 g/mol. The van der Waals surface area contributed by atoms with Crippen LogP contribution < -0.4 is 0 Å². The van der Waals surface area contributed by atoms with Crippen molar-refractivity contribution in [3.8, 4) is 11.3 Å². The second-order valence-corrected chi connectivity index (χ2v) is 6.68. The molecule has 2 aromatic heterocycles. The van der Waals surface area contributed by atoms with Gasteiger partial charge in [-0.3, -0.25) is 4.98 Å². The first kappa shape index (κ1) is 17.5. The van der Waals surface area contributed by atoms with Crippen molar-refractivity contribution in [1.29, 1.82) is 0 Å². The molecule has 5 heteroatoms. The zero-order valence-corrected chi connectivity index (χ0v) is 16.1. The van der Waals surface area contributed by atoms with Crippen LogP contribution in [0.15, 0.2) is 41.1 Å². The highest BCUT2D eigenvalue weighted by atomic mass is 79.9. The molecule has 0 amide bonds. The number of carbonyl (C=O) groups is 1.